The van der Waals surface area contributed by atoms with Crippen molar-refractivity contribution in [3.05, 3.63) is 35.4 Å². The summed E-state index contributed by atoms with van der Waals surface area (Å²) < 4.78 is 37.0. The minimum Gasteiger partial charge on any atom is -0.395 e. The molecule has 1 aliphatic rings. The molecule has 0 atom stereocenters. The molecular weight excluding hydrogens is 217 g/mol. The maximum atomic E-state index is 12.3. The van der Waals surface area contributed by atoms with Crippen molar-refractivity contribution in [3.63, 3.8) is 0 Å². The second-order valence-electron chi connectivity index (χ2n) is 4.37. The molecule has 1 aromatic rings. The van der Waals surface area contributed by atoms with Crippen LogP contribution in [-0.2, 0) is 11.6 Å². The lowest BCUT2D eigenvalue weighted by Gasteiger charge is -2.41. The summed E-state index contributed by atoms with van der Waals surface area (Å²) in [4.78, 5) is 0. The van der Waals surface area contributed by atoms with Crippen LogP contribution in [0.25, 0.3) is 0 Å². The molecule has 0 spiro atoms. The Morgan fingerprint density at radius 2 is 1.69 bits per heavy atom. The average Bonchev–Trinajstić information content (AvgIpc) is 2.16. The van der Waals surface area contributed by atoms with Gasteiger partial charge in [0, 0.05) is 5.41 Å². The Hall–Kier alpha value is -1.03. The summed E-state index contributed by atoms with van der Waals surface area (Å²) >= 11 is 0. The van der Waals surface area contributed by atoms with Crippen LogP contribution in [0.3, 0.4) is 0 Å². The zero-order chi connectivity index (χ0) is 11.8. The molecule has 0 saturated heterocycles. The standard InChI is InChI=1S/C12H13F3O/c13-12(14,15)10-4-2-9(3-5-10)11(8-16)6-1-7-11/h2-5,16H,1,6-8H2. The van der Waals surface area contributed by atoms with Gasteiger partial charge in [-0.2, -0.15) is 13.2 Å². The van der Waals surface area contributed by atoms with E-state index >= 15 is 0 Å². The molecule has 16 heavy (non-hydrogen) atoms. The van der Waals surface area contributed by atoms with Crippen molar-refractivity contribution in [3.8, 4) is 0 Å². The van der Waals surface area contributed by atoms with Crippen molar-refractivity contribution in [1.82, 2.24) is 0 Å². The van der Waals surface area contributed by atoms with Crippen LogP contribution >= 0.6 is 0 Å². The van der Waals surface area contributed by atoms with Crippen molar-refractivity contribution >= 4 is 0 Å². The van der Waals surface area contributed by atoms with Crippen LogP contribution in [0.2, 0.25) is 0 Å². The molecule has 0 radical (unpaired) electrons. The summed E-state index contributed by atoms with van der Waals surface area (Å²) in [6.07, 6.45) is -1.55. The third-order valence-electron chi connectivity index (χ3n) is 3.44. The highest BCUT2D eigenvalue weighted by Gasteiger charge is 2.38. The zero-order valence-electron chi connectivity index (χ0n) is 8.72. The maximum absolute atomic E-state index is 12.3. The second-order valence-corrected chi connectivity index (χ2v) is 4.37. The Balaban J connectivity index is 2.26. The van der Waals surface area contributed by atoms with E-state index in [4.69, 9.17) is 0 Å². The topological polar surface area (TPSA) is 20.2 Å². The highest BCUT2D eigenvalue weighted by Crippen LogP contribution is 2.43. The smallest absolute Gasteiger partial charge is 0.395 e. The minimum atomic E-state index is -4.29. The van der Waals surface area contributed by atoms with E-state index in [1.165, 1.54) is 12.1 Å². The molecule has 0 unspecified atom stereocenters. The second kappa shape index (κ2) is 3.77. The fraction of sp³-hybridized carbons (Fsp3) is 0.500. The summed E-state index contributed by atoms with van der Waals surface area (Å²) in [7, 11) is 0. The Bertz CT molecular complexity index is 357. The normalized spacial score (nSPS) is 19.2. The van der Waals surface area contributed by atoms with Gasteiger partial charge in [0.15, 0.2) is 0 Å². The Labute approximate surface area is 91.9 Å². The van der Waals surface area contributed by atoms with E-state index in [2.05, 4.69) is 0 Å². The van der Waals surface area contributed by atoms with E-state index in [-0.39, 0.29) is 12.0 Å². The first-order valence-corrected chi connectivity index (χ1v) is 5.27. The fourth-order valence-corrected chi connectivity index (χ4v) is 2.15. The Morgan fingerprint density at radius 1 is 1.12 bits per heavy atom. The summed E-state index contributed by atoms with van der Waals surface area (Å²) in [5, 5.41) is 9.30. The first kappa shape index (κ1) is 11.5. The van der Waals surface area contributed by atoms with Crippen molar-refractivity contribution in [1.29, 1.82) is 0 Å². The number of benzene rings is 1. The van der Waals surface area contributed by atoms with Crippen LogP contribution in [0.1, 0.15) is 30.4 Å². The largest absolute Gasteiger partial charge is 0.416 e. The average molecular weight is 230 g/mol. The van der Waals surface area contributed by atoms with Gasteiger partial charge in [-0.05, 0) is 30.5 Å². The molecule has 1 nitrogen and oxygen atoms in total. The van der Waals surface area contributed by atoms with Crippen molar-refractivity contribution in [2.24, 2.45) is 0 Å². The van der Waals surface area contributed by atoms with Crippen molar-refractivity contribution < 1.29 is 18.3 Å². The Morgan fingerprint density at radius 3 is 2.00 bits per heavy atom. The predicted octanol–water partition coefficient (Wildman–Crippen LogP) is 3.12. The quantitative estimate of drug-likeness (QED) is 0.827. The molecule has 1 aliphatic carbocycles. The van der Waals surface area contributed by atoms with Crippen LogP contribution in [0, 0.1) is 0 Å². The highest BCUT2D eigenvalue weighted by molar-refractivity contribution is 5.32. The molecule has 1 saturated carbocycles. The van der Waals surface area contributed by atoms with E-state index in [9.17, 15) is 18.3 Å². The van der Waals surface area contributed by atoms with E-state index in [0.29, 0.717) is 0 Å². The van der Waals surface area contributed by atoms with E-state index in [0.717, 1.165) is 37.0 Å². The molecule has 1 fully saturated rings. The van der Waals surface area contributed by atoms with E-state index in [1.807, 2.05) is 0 Å². The summed E-state index contributed by atoms with van der Waals surface area (Å²) in [6, 6.07) is 5.15. The monoisotopic (exact) mass is 230 g/mol. The molecule has 1 aromatic carbocycles. The number of aliphatic hydroxyl groups excluding tert-OH is 1. The van der Waals surface area contributed by atoms with Gasteiger partial charge in [0.2, 0.25) is 0 Å². The lowest BCUT2D eigenvalue weighted by Crippen LogP contribution is -2.37. The van der Waals surface area contributed by atoms with E-state index in [1.54, 1.807) is 0 Å². The van der Waals surface area contributed by atoms with Crippen LogP contribution < -0.4 is 0 Å². The van der Waals surface area contributed by atoms with Gasteiger partial charge < -0.3 is 5.11 Å². The van der Waals surface area contributed by atoms with Gasteiger partial charge in [-0.25, -0.2) is 0 Å². The highest BCUT2D eigenvalue weighted by atomic mass is 19.4. The minimum absolute atomic E-state index is 0.0123. The van der Waals surface area contributed by atoms with Gasteiger partial charge in [-0.1, -0.05) is 18.6 Å². The van der Waals surface area contributed by atoms with Crippen LogP contribution in [0.5, 0.6) is 0 Å². The molecule has 0 heterocycles. The van der Waals surface area contributed by atoms with E-state index < -0.39 is 11.7 Å². The zero-order valence-corrected chi connectivity index (χ0v) is 8.72. The number of rotatable bonds is 2. The van der Waals surface area contributed by atoms with Gasteiger partial charge in [-0.15, -0.1) is 0 Å². The van der Waals surface area contributed by atoms with Crippen LogP contribution in [-0.4, -0.2) is 11.7 Å². The third-order valence-corrected chi connectivity index (χ3v) is 3.44. The number of aliphatic hydroxyl groups is 1. The summed E-state index contributed by atoms with van der Waals surface area (Å²) in [5.74, 6) is 0. The number of alkyl halides is 3. The number of hydrogen-bond donors (Lipinski definition) is 1. The van der Waals surface area contributed by atoms with Crippen LogP contribution in [0.4, 0.5) is 13.2 Å². The predicted molar refractivity (Wildman–Crippen MR) is 54.1 cm³/mol. The molecule has 0 aliphatic heterocycles. The molecule has 0 aromatic heterocycles. The third kappa shape index (κ3) is 1.82. The van der Waals surface area contributed by atoms with Gasteiger partial charge in [-0.3, -0.25) is 0 Å². The van der Waals surface area contributed by atoms with Gasteiger partial charge in [0.1, 0.15) is 0 Å². The fourth-order valence-electron chi connectivity index (χ4n) is 2.15. The summed E-state index contributed by atoms with van der Waals surface area (Å²) in [5.41, 5.74) is -0.109. The summed E-state index contributed by atoms with van der Waals surface area (Å²) in [6.45, 7) is 0.0123. The van der Waals surface area contributed by atoms with Gasteiger partial charge in [0.05, 0.1) is 12.2 Å². The van der Waals surface area contributed by atoms with Crippen LogP contribution in [0.15, 0.2) is 24.3 Å². The first-order valence-electron chi connectivity index (χ1n) is 5.27. The van der Waals surface area contributed by atoms with Gasteiger partial charge in [0.25, 0.3) is 0 Å². The first-order chi connectivity index (χ1) is 7.48. The molecule has 0 amide bonds. The molecule has 2 rings (SSSR count). The number of hydrogen-bond acceptors (Lipinski definition) is 1. The lowest BCUT2D eigenvalue weighted by atomic mass is 9.65. The molecule has 1 N–H and O–H groups in total. The van der Waals surface area contributed by atoms with Crippen molar-refractivity contribution in [2.45, 2.75) is 30.9 Å². The Kier molecular flexibility index (Phi) is 2.70. The maximum Gasteiger partial charge on any atom is 0.416 e. The molecule has 0 bridgehead atoms. The number of halogens is 3. The van der Waals surface area contributed by atoms with Crippen molar-refractivity contribution in [2.75, 3.05) is 6.61 Å². The molecular formula is C12H13F3O. The SMILES string of the molecule is OCC1(c2ccc(C(F)(F)F)cc2)CCC1. The lowest BCUT2D eigenvalue weighted by molar-refractivity contribution is -0.137. The van der Waals surface area contributed by atoms with Gasteiger partial charge >= 0.3 is 6.18 Å². The molecule has 88 valence electrons. The molecule has 4 heteroatoms.